The fraction of sp³-hybridized carbons (Fsp3) is 0.333. The van der Waals surface area contributed by atoms with Gasteiger partial charge in [-0.3, -0.25) is 4.90 Å². The van der Waals surface area contributed by atoms with E-state index in [2.05, 4.69) is 25.8 Å². The van der Waals surface area contributed by atoms with Crippen LogP contribution in [0.1, 0.15) is 5.56 Å². The van der Waals surface area contributed by atoms with E-state index in [0.29, 0.717) is 0 Å². The third-order valence-electron chi connectivity index (χ3n) is 4.74. The van der Waals surface area contributed by atoms with Crippen LogP contribution in [0.4, 0.5) is 32.2 Å². The number of benzene rings is 1. The third-order valence-corrected chi connectivity index (χ3v) is 4.98. The van der Waals surface area contributed by atoms with E-state index in [9.17, 15) is 26.3 Å². The maximum Gasteiger partial charge on any atom is 0.490 e. The first-order valence-electron chi connectivity index (χ1n) is 10.3. The van der Waals surface area contributed by atoms with Crippen molar-refractivity contribution in [2.75, 3.05) is 31.1 Å². The van der Waals surface area contributed by atoms with Crippen LogP contribution in [0.25, 0.3) is 5.65 Å². The van der Waals surface area contributed by atoms with Crippen LogP contribution in [-0.4, -0.2) is 80.0 Å². The van der Waals surface area contributed by atoms with Gasteiger partial charge in [0.25, 0.3) is 0 Å². The Kier molecular flexibility index (Phi) is 10.1. The predicted molar refractivity (Wildman–Crippen MR) is 119 cm³/mol. The Bertz CT molecular complexity index is 1170. The summed E-state index contributed by atoms with van der Waals surface area (Å²) in [5, 5.41) is 15.1. The van der Waals surface area contributed by atoms with E-state index in [0.717, 1.165) is 49.2 Å². The van der Waals surface area contributed by atoms with E-state index in [4.69, 9.17) is 31.4 Å². The van der Waals surface area contributed by atoms with Crippen molar-refractivity contribution >= 4 is 35.0 Å². The van der Waals surface area contributed by atoms with Crippen LogP contribution in [0.15, 0.2) is 49.1 Å². The standard InChI is InChI=1S/C17H18ClN5.2C2HF3O2/c18-15-3-1-2-14(12-15)13-21-8-10-23(11-9-21)17-16-19-4-6-22(16)7-5-20-17;2*3-2(4,5)1(6)7/h1-7,12H,8-11,13H2;2*(H,6,7). The molecule has 2 N–H and O–H groups in total. The molecule has 0 bridgehead atoms. The third kappa shape index (κ3) is 9.42. The number of carboxylic acids is 2. The Morgan fingerprint density at radius 1 is 0.892 bits per heavy atom. The monoisotopic (exact) mass is 555 g/mol. The molecule has 0 saturated carbocycles. The molecule has 1 fully saturated rings. The number of rotatable bonds is 3. The number of fused-ring (bicyclic) bond motifs is 1. The summed E-state index contributed by atoms with van der Waals surface area (Å²) in [6.07, 6.45) is -2.63. The minimum atomic E-state index is -5.08. The Balaban J connectivity index is 0.000000286. The van der Waals surface area contributed by atoms with E-state index in [1.165, 1.54) is 5.56 Å². The number of imidazole rings is 1. The van der Waals surface area contributed by atoms with Crippen molar-refractivity contribution in [3.63, 3.8) is 0 Å². The number of anilines is 1. The quantitative estimate of drug-likeness (QED) is 0.467. The van der Waals surface area contributed by atoms with Crippen molar-refractivity contribution in [2.24, 2.45) is 0 Å². The van der Waals surface area contributed by atoms with Gasteiger partial charge in [-0.1, -0.05) is 23.7 Å². The summed E-state index contributed by atoms with van der Waals surface area (Å²) in [5.74, 6) is -4.54. The lowest BCUT2D eigenvalue weighted by Gasteiger charge is -2.35. The molecule has 0 unspecified atom stereocenters. The molecule has 1 saturated heterocycles. The van der Waals surface area contributed by atoms with Crippen molar-refractivity contribution in [3.8, 4) is 0 Å². The van der Waals surface area contributed by atoms with Gasteiger partial charge in [0.1, 0.15) is 0 Å². The largest absolute Gasteiger partial charge is 0.490 e. The highest BCUT2D eigenvalue weighted by Crippen LogP contribution is 2.20. The van der Waals surface area contributed by atoms with Gasteiger partial charge in [-0.25, -0.2) is 19.6 Å². The lowest BCUT2D eigenvalue weighted by atomic mass is 10.2. The van der Waals surface area contributed by atoms with Gasteiger partial charge in [0, 0.05) is 62.5 Å². The molecule has 9 nitrogen and oxygen atoms in total. The zero-order chi connectivity index (χ0) is 27.8. The molecule has 37 heavy (non-hydrogen) atoms. The number of hydrogen-bond acceptors (Lipinski definition) is 6. The van der Waals surface area contributed by atoms with Gasteiger partial charge >= 0.3 is 24.3 Å². The molecule has 0 spiro atoms. The van der Waals surface area contributed by atoms with E-state index in [1.807, 2.05) is 47.4 Å². The minimum absolute atomic E-state index is 0.802. The van der Waals surface area contributed by atoms with Crippen LogP contribution >= 0.6 is 11.6 Å². The van der Waals surface area contributed by atoms with Crippen molar-refractivity contribution in [1.29, 1.82) is 0 Å². The first-order valence-corrected chi connectivity index (χ1v) is 10.7. The van der Waals surface area contributed by atoms with Crippen molar-refractivity contribution in [1.82, 2.24) is 19.3 Å². The second-order valence-corrected chi connectivity index (χ2v) is 7.84. The van der Waals surface area contributed by atoms with Gasteiger partial charge < -0.3 is 19.5 Å². The highest BCUT2D eigenvalue weighted by atomic mass is 35.5. The number of piperazine rings is 1. The highest BCUT2D eigenvalue weighted by molar-refractivity contribution is 6.30. The molecule has 2 aromatic heterocycles. The lowest BCUT2D eigenvalue weighted by Crippen LogP contribution is -2.46. The molecule has 16 heteroatoms. The molecule has 0 radical (unpaired) electrons. The van der Waals surface area contributed by atoms with Crippen molar-refractivity contribution in [3.05, 3.63) is 59.6 Å². The molecule has 0 amide bonds. The molecule has 1 aromatic carbocycles. The predicted octanol–water partition coefficient (Wildman–Crippen LogP) is 3.97. The van der Waals surface area contributed by atoms with E-state index < -0.39 is 24.3 Å². The van der Waals surface area contributed by atoms with E-state index in [1.54, 1.807) is 0 Å². The molecular weight excluding hydrogens is 536 g/mol. The zero-order valence-electron chi connectivity index (χ0n) is 18.7. The summed E-state index contributed by atoms with van der Waals surface area (Å²) in [7, 11) is 0. The second kappa shape index (κ2) is 12.6. The SMILES string of the molecule is Clc1cccc(CN2CCN(c3nccn4ccnc34)CC2)c1.O=C(O)C(F)(F)F.O=C(O)C(F)(F)F. The number of hydrogen-bond donors (Lipinski definition) is 2. The maximum absolute atomic E-state index is 10.6. The fourth-order valence-corrected chi connectivity index (χ4v) is 3.29. The average molecular weight is 556 g/mol. The first kappa shape index (κ1) is 29.6. The topological polar surface area (TPSA) is 111 Å². The first-order chi connectivity index (χ1) is 17.2. The fourth-order valence-electron chi connectivity index (χ4n) is 3.07. The van der Waals surface area contributed by atoms with Gasteiger partial charge in [-0.2, -0.15) is 26.3 Å². The number of carboxylic acid groups (broad SMARTS) is 2. The summed E-state index contributed by atoms with van der Waals surface area (Å²) in [5.41, 5.74) is 2.19. The van der Waals surface area contributed by atoms with Crippen molar-refractivity contribution in [2.45, 2.75) is 18.9 Å². The molecule has 3 heterocycles. The Morgan fingerprint density at radius 2 is 1.41 bits per heavy atom. The van der Waals surface area contributed by atoms with Crippen LogP contribution < -0.4 is 4.90 Å². The van der Waals surface area contributed by atoms with Gasteiger partial charge in [0.15, 0.2) is 11.5 Å². The average Bonchev–Trinajstić information content (AvgIpc) is 3.28. The Hall–Kier alpha value is -3.59. The van der Waals surface area contributed by atoms with Crippen LogP contribution in [0, 0.1) is 0 Å². The van der Waals surface area contributed by atoms with Gasteiger partial charge in [0.05, 0.1) is 0 Å². The number of aromatic nitrogens is 3. The van der Waals surface area contributed by atoms with Gasteiger partial charge in [0.2, 0.25) is 0 Å². The summed E-state index contributed by atoms with van der Waals surface area (Å²) in [4.78, 5) is 31.5. The molecule has 1 aliphatic heterocycles. The smallest absolute Gasteiger partial charge is 0.475 e. The minimum Gasteiger partial charge on any atom is -0.475 e. The zero-order valence-corrected chi connectivity index (χ0v) is 19.5. The molecule has 1 aliphatic rings. The number of halogens is 7. The summed E-state index contributed by atoms with van der Waals surface area (Å²) >= 11 is 6.07. The number of nitrogens with zero attached hydrogens (tertiary/aromatic N) is 5. The molecule has 4 rings (SSSR count). The van der Waals surface area contributed by atoms with Crippen LogP contribution in [-0.2, 0) is 16.1 Å². The lowest BCUT2D eigenvalue weighted by molar-refractivity contribution is -0.193. The van der Waals surface area contributed by atoms with Crippen LogP contribution in [0.5, 0.6) is 0 Å². The Labute approximate surface area is 210 Å². The van der Waals surface area contributed by atoms with Crippen LogP contribution in [0.3, 0.4) is 0 Å². The summed E-state index contributed by atoms with van der Waals surface area (Å²) in [6.45, 7) is 4.88. The van der Waals surface area contributed by atoms with E-state index >= 15 is 0 Å². The molecule has 0 aliphatic carbocycles. The number of alkyl halides is 6. The van der Waals surface area contributed by atoms with Gasteiger partial charge in [-0.15, -0.1) is 0 Å². The number of carbonyl (C=O) groups is 2. The normalized spacial score (nSPS) is 14.3. The van der Waals surface area contributed by atoms with Gasteiger partial charge in [-0.05, 0) is 17.7 Å². The molecular formula is C21H20ClF6N5O4. The highest BCUT2D eigenvalue weighted by Gasteiger charge is 2.38. The molecule has 0 atom stereocenters. The molecule has 3 aromatic rings. The number of aliphatic carboxylic acids is 2. The summed E-state index contributed by atoms with van der Waals surface area (Å²) in [6, 6.07) is 8.10. The molecule has 202 valence electrons. The summed E-state index contributed by atoms with van der Waals surface area (Å²) < 4.78 is 65.5. The van der Waals surface area contributed by atoms with Crippen LogP contribution in [0.2, 0.25) is 5.02 Å². The second-order valence-electron chi connectivity index (χ2n) is 7.41. The van der Waals surface area contributed by atoms with E-state index in [-0.39, 0.29) is 0 Å². The maximum atomic E-state index is 10.6. The Morgan fingerprint density at radius 3 is 1.89 bits per heavy atom. The van der Waals surface area contributed by atoms with Crippen molar-refractivity contribution < 1.29 is 46.1 Å².